The number of rotatable bonds is 4. The highest BCUT2D eigenvalue weighted by molar-refractivity contribution is 5.76. The van der Waals surface area contributed by atoms with Gasteiger partial charge in [0, 0.05) is 24.6 Å². The number of para-hydroxylation sites is 2. The molecule has 0 N–H and O–H groups in total. The van der Waals surface area contributed by atoms with Gasteiger partial charge in [-0.3, -0.25) is 19.6 Å². The topological polar surface area (TPSA) is 108 Å². The molecule has 29 heavy (non-hydrogen) atoms. The first-order valence-electron chi connectivity index (χ1n) is 9.44. The van der Waals surface area contributed by atoms with Crippen LogP contribution in [0.2, 0.25) is 0 Å². The fourth-order valence-electron chi connectivity index (χ4n) is 3.95. The van der Waals surface area contributed by atoms with Gasteiger partial charge in [-0.1, -0.05) is 12.1 Å². The number of hydrogen-bond donors (Lipinski definition) is 0. The van der Waals surface area contributed by atoms with E-state index in [9.17, 15) is 14.9 Å². The quantitative estimate of drug-likeness (QED) is 0.385. The van der Waals surface area contributed by atoms with Gasteiger partial charge in [-0.05, 0) is 37.6 Å². The molecule has 1 atom stereocenters. The molecule has 0 aliphatic carbocycles. The third kappa shape index (κ3) is 3.19. The van der Waals surface area contributed by atoms with Gasteiger partial charge in [-0.15, -0.1) is 0 Å². The van der Waals surface area contributed by atoms with E-state index in [0.29, 0.717) is 30.2 Å². The number of oxazole rings is 2. The van der Waals surface area contributed by atoms with Crippen molar-refractivity contribution in [3.8, 4) is 0 Å². The van der Waals surface area contributed by atoms with E-state index < -0.39 is 10.7 Å². The molecule has 0 spiro atoms. The summed E-state index contributed by atoms with van der Waals surface area (Å²) in [4.78, 5) is 29.7. The molecule has 9 heteroatoms. The third-order valence-corrected chi connectivity index (χ3v) is 5.37. The first kappa shape index (κ1) is 17.6. The van der Waals surface area contributed by atoms with Crippen molar-refractivity contribution in [1.82, 2.24) is 14.5 Å². The fraction of sp³-hybridized carbons (Fsp3) is 0.300. The van der Waals surface area contributed by atoms with Gasteiger partial charge >= 0.3 is 5.76 Å². The van der Waals surface area contributed by atoms with Crippen molar-refractivity contribution in [2.45, 2.75) is 25.4 Å². The molecule has 9 nitrogen and oxygen atoms in total. The van der Waals surface area contributed by atoms with Crippen LogP contribution >= 0.6 is 0 Å². The van der Waals surface area contributed by atoms with Gasteiger partial charge in [-0.25, -0.2) is 9.78 Å². The van der Waals surface area contributed by atoms with E-state index in [2.05, 4.69) is 9.88 Å². The molecule has 0 unspecified atom stereocenters. The van der Waals surface area contributed by atoms with E-state index in [4.69, 9.17) is 8.83 Å². The lowest BCUT2D eigenvalue weighted by molar-refractivity contribution is -0.384. The van der Waals surface area contributed by atoms with Crippen LogP contribution < -0.4 is 5.76 Å². The second-order valence-corrected chi connectivity index (χ2v) is 7.28. The Bertz CT molecular complexity index is 1240. The van der Waals surface area contributed by atoms with Crippen LogP contribution in [0.15, 0.2) is 56.1 Å². The van der Waals surface area contributed by atoms with Crippen molar-refractivity contribution in [2.75, 3.05) is 13.1 Å². The number of benzene rings is 2. The lowest BCUT2D eigenvalue weighted by atomic mass is 9.98. The van der Waals surface area contributed by atoms with Gasteiger partial charge in [0.05, 0.1) is 17.1 Å². The van der Waals surface area contributed by atoms with E-state index in [0.717, 1.165) is 30.5 Å². The van der Waals surface area contributed by atoms with E-state index >= 15 is 0 Å². The molecule has 0 bridgehead atoms. The summed E-state index contributed by atoms with van der Waals surface area (Å²) < 4.78 is 12.6. The first-order valence-corrected chi connectivity index (χ1v) is 9.44. The maximum atomic E-state index is 12.3. The number of fused-ring (bicyclic) bond motifs is 2. The lowest BCUT2D eigenvalue weighted by Gasteiger charge is -2.31. The second-order valence-electron chi connectivity index (χ2n) is 7.28. The zero-order valence-electron chi connectivity index (χ0n) is 15.5. The summed E-state index contributed by atoms with van der Waals surface area (Å²) in [6, 6.07) is 11.8. The van der Waals surface area contributed by atoms with Crippen LogP contribution in [0.5, 0.6) is 0 Å². The fourth-order valence-corrected chi connectivity index (χ4v) is 3.95. The molecule has 2 aromatic heterocycles. The van der Waals surface area contributed by atoms with Gasteiger partial charge in [-0.2, -0.15) is 0 Å². The zero-order valence-corrected chi connectivity index (χ0v) is 15.5. The summed E-state index contributed by atoms with van der Waals surface area (Å²) in [7, 11) is 0. The molecule has 148 valence electrons. The van der Waals surface area contributed by atoms with Crippen molar-refractivity contribution >= 4 is 27.9 Å². The first-order chi connectivity index (χ1) is 14.1. The van der Waals surface area contributed by atoms with Crippen molar-refractivity contribution in [3.05, 3.63) is 69.0 Å². The number of non-ortho nitro benzene ring substituents is 1. The van der Waals surface area contributed by atoms with E-state index in [1.165, 1.54) is 22.8 Å². The Morgan fingerprint density at radius 2 is 2.03 bits per heavy atom. The van der Waals surface area contributed by atoms with Gasteiger partial charge in [0.1, 0.15) is 5.52 Å². The van der Waals surface area contributed by atoms with Crippen LogP contribution in [0.25, 0.3) is 22.2 Å². The van der Waals surface area contributed by atoms with E-state index in [1.807, 2.05) is 24.3 Å². The molecule has 3 heterocycles. The van der Waals surface area contributed by atoms with Gasteiger partial charge in [0.25, 0.3) is 5.69 Å². The number of likely N-dealkylation sites (tertiary alicyclic amines) is 1. The Kier molecular flexibility index (Phi) is 4.17. The highest BCUT2D eigenvalue weighted by atomic mass is 16.6. The van der Waals surface area contributed by atoms with Gasteiger partial charge in [0.2, 0.25) is 0 Å². The Balaban J connectivity index is 1.41. The van der Waals surface area contributed by atoms with Crippen LogP contribution in [0.1, 0.15) is 24.7 Å². The molecule has 0 amide bonds. The molecule has 0 radical (unpaired) electrons. The van der Waals surface area contributed by atoms with Crippen molar-refractivity contribution in [2.24, 2.45) is 0 Å². The standard InChI is InChI=1S/C20H18N4O5/c25-20-23(16-10-14(24(26)27)7-8-18(16)29-20)12-22-9-3-4-13(11-22)19-21-15-5-1-2-6-17(15)28-19/h1-2,5-8,10,13H,3-4,9,11-12H2/t13-/m1/s1. The smallest absolute Gasteiger partial charge is 0.421 e. The zero-order chi connectivity index (χ0) is 20.0. The minimum Gasteiger partial charge on any atom is -0.440 e. The molecular weight excluding hydrogens is 376 g/mol. The average Bonchev–Trinajstić information content (AvgIpc) is 3.29. The molecule has 1 aliphatic rings. The largest absolute Gasteiger partial charge is 0.440 e. The molecule has 1 aliphatic heterocycles. The number of nitro groups is 1. The van der Waals surface area contributed by atoms with Crippen LogP contribution in [-0.2, 0) is 6.67 Å². The number of hydrogen-bond acceptors (Lipinski definition) is 7. The second kappa shape index (κ2) is 6.85. The summed E-state index contributed by atoms with van der Waals surface area (Å²) in [5.41, 5.74) is 2.30. The number of nitro benzene ring substituents is 1. The van der Waals surface area contributed by atoms with E-state index in [-0.39, 0.29) is 11.6 Å². The molecule has 1 saturated heterocycles. The van der Waals surface area contributed by atoms with Crippen molar-refractivity contribution in [3.63, 3.8) is 0 Å². The van der Waals surface area contributed by atoms with Gasteiger partial charge in [0.15, 0.2) is 17.1 Å². The summed E-state index contributed by atoms with van der Waals surface area (Å²) in [5, 5.41) is 11.1. The highest BCUT2D eigenvalue weighted by Crippen LogP contribution is 2.29. The Hall–Kier alpha value is -3.46. The van der Waals surface area contributed by atoms with Crippen LogP contribution in [0, 0.1) is 10.1 Å². The molecular formula is C20H18N4O5. The highest BCUT2D eigenvalue weighted by Gasteiger charge is 2.26. The average molecular weight is 394 g/mol. The minimum atomic E-state index is -0.524. The molecule has 4 aromatic rings. The summed E-state index contributed by atoms with van der Waals surface area (Å²) >= 11 is 0. The Morgan fingerprint density at radius 1 is 1.17 bits per heavy atom. The predicted octanol–water partition coefficient (Wildman–Crippen LogP) is 3.48. The third-order valence-electron chi connectivity index (χ3n) is 5.37. The molecule has 0 saturated carbocycles. The van der Waals surface area contributed by atoms with Crippen molar-refractivity contribution in [1.29, 1.82) is 0 Å². The summed E-state index contributed by atoms with van der Waals surface area (Å²) in [5.74, 6) is 0.305. The minimum absolute atomic E-state index is 0.0740. The Morgan fingerprint density at radius 3 is 2.86 bits per heavy atom. The van der Waals surface area contributed by atoms with E-state index in [1.54, 1.807) is 0 Å². The SMILES string of the molecule is O=c1oc2ccc([N+](=O)[O-])cc2n1CN1CCC[C@@H](c2nc3ccccc3o2)C1. The number of piperidine rings is 1. The van der Waals surface area contributed by atoms with Crippen LogP contribution in [-0.4, -0.2) is 32.5 Å². The Labute approximate surface area is 164 Å². The normalized spacial score (nSPS) is 17.9. The predicted molar refractivity (Wildman–Crippen MR) is 105 cm³/mol. The molecule has 5 rings (SSSR count). The number of aromatic nitrogens is 2. The summed E-state index contributed by atoms with van der Waals surface area (Å²) in [6.07, 6.45) is 1.89. The number of nitrogens with zero attached hydrogens (tertiary/aromatic N) is 4. The maximum absolute atomic E-state index is 12.3. The molecule has 2 aromatic carbocycles. The van der Waals surface area contributed by atoms with Crippen LogP contribution in [0.3, 0.4) is 0 Å². The molecule has 1 fully saturated rings. The lowest BCUT2D eigenvalue weighted by Crippen LogP contribution is -2.37. The summed E-state index contributed by atoms with van der Waals surface area (Å²) in [6.45, 7) is 1.79. The maximum Gasteiger partial charge on any atom is 0.421 e. The monoisotopic (exact) mass is 394 g/mol. The van der Waals surface area contributed by atoms with Gasteiger partial charge < -0.3 is 8.83 Å². The van der Waals surface area contributed by atoms with Crippen molar-refractivity contribution < 1.29 is 13.8 Å². The van der Waals surface area contributed by atoms with Crippen LogP contribution in [0.4, 0.5) is 5.69 Å².